The standard InChI is InChI=1S/C10H20N2O3S/c1-11-9(10(13)14)16-8-2-3-12-4-6-15-7-5-12/h9,11H,2-8H2,1H3,(H,13,14)/t9-/m1/s1. The highest BCUT2D eigenvalue weighted by Crippen LogP contribution is 2.10. The monoisotopic (exact) mass is 248 g/mol. The maximum Gasteiger partial charge on any atom is 0.331 e. The highest BCUT2D eigenvalue weighted by Gasteiger charge is 2.15. The Morgan fingerprint density at radius 2 is 2.25 bits per heavy atom. The van der Waals surface area contributed by atoms with Gasteiger partial charge in [-0.1, -0.05) is 0 Å². The van der Waals surface area contributed by atoms with E-state index in [0.717, 1.165) is 45.0 Å². The molecule has 0 unspecified atom stereocenters. The van der Waals surface area contributed by atoms with E-state index in [1.807, 2.05) is 0 Å². The van der Waals surface area contributed by atoms with Crippen LogP contribution in [-0.4, -0.2) is 67.0 Å². The molecule has 0 aromatic rings. The Kier molecular flexibility index (Phi) is 6.79. The van der Waals surface area contributed by atoms with Crippen molar-refractivity contribution in [2.75, 3.05) is 45.6 Å². The molecule has 16 heavy (non-hydrogen) atoms. The van der Waals surface area contributed by atoms with E-state index in [0.29, 0.717) is 0 Å². The van der Waals surface area contributed by atoms with Crippen molar-refractivity contribution < 1.29 is 14.6 Å². The summed E-state index contributed by atoms with van der Waals surface area (Å²) >= 11 is 1.45. The van der Waals surface area contributed by atoms with Crippen molar-refractivity contribution in [3.05, 3.63) is 0 Å². The van der Waals surface area contributed by atoms with E-state index < -0.39 is 11.3 Å². The van der Waals surface area contributed by atoms with Crippen molar-refractivity contribution in [1.82, 2.24) is 10.2 Å². The van der Waals surface area contributed by atoms with Gasteiger partial charge in [0.15, 0.2) is 5.37 Å². The van der Waals surface area contributed by atoms with E-state index in [9.17, 15) is 4.79 Å². The Balaban J connectivity index is 2.03. The van der Waals surface area contributed by atoms with E-state index in [-0.39, 0.29) is 0 Å². The lowest BCUT2D eigenvalue weighted by Gasteiger charge is -2.26. The number of hydrogen-bond donors (Lipinski definition) is 2. The lowest BCUT2D eigenvalue weighted by molar-refractivity contribution is -0.136. The number of carboxylic acid groups (broad SMARTS) is 1. The zero-order chi connectivity index (χ0) is 11.8. The first-order valence-corrected chi connectivity index (χ1v) is 6.60. The first-order valence-electron chi connectivity index (χ1n) is 5.56. The Labute approximate surface area is 101 Å². The van der Waals surface area contributed by atoms with E-state index >= 15 is 0 Å². The molecule has 6 heteroatoms. The number of nitrogens with one attached hydrogen (secondary N) is 1. The first-order chi connectivity index (χ1) is 7.74. The summed E-state index contributed by atoms with van der Waals surface area (Å²) in [5, 5.41) is 11.1. The second kappa shape index (κ2) is 7.89. The van der Waals surface area contributed by atoms with Crippen LogP contribution in [0.3, 0.4) is 0 Å². The fraction of sp³-hybridized carbons (Fsp3) is 0.900. The van der Waals surface area contributed by atoms with Crippen LogP contribution >= 0.6 is 11.8 Å². The number of carboxylic acids is 1. The number of nitrogens with zero attached hydrogens (tertiary/aromatic N) is 1. The number of morpholine rings is 1. The lowest BCUT2D eigenvalue weighted by Crippen LogP contribution is -2.37. The smallest absolute Gasteiger partial charge is 0.331 e. The highest BCUT2D eigenvalue weighted by atomic mass is 32.2. The third-order valence-electron chi connectivity index (χ3n) is 2.49. The van der Waals surface area contributed by atoms with Crippen molar-refractivity contribution in [1.29, 1.82) is 0 Å². The molecule has 1 aliphatic heterocycles. The van der Waals surface area contributed by atoms with Gasteiger partial charge in [-0.25, -0.2) is 4.79 Å². The summed E-state index contributed by atoms with van der Waals surface area (Å²) in [6.45, 7) is 4.67. The van der Waals surface area contributed by atoms with Crippen molar-refractivity contribution in [2.24, 2.45) is 0 Å². The molecule has 0 aromatic heterocycles. The number of rotatable bonds is 7. The van der Waals surface area contributed by atoms with E-state index in [1.54, 1.807) is 7.05 Å². The van der Waals surface area contributed by atoms with Gasteiger partial charge in [0.1, 0.15) is 0 Å². The van der Waals surface area contributed by atoms with Crippen LogP contribution in [0.5, 0.6) is 0 Å². The molecule has 1 aliphatic rings. The van der Waals surface area contributed by atoms with Gasteiger partial charge in [-0.2, -0.15) is 0 Å². The minimum absolute atomic E-state index is 0.482. The Morgan fingerprint density at radius 1 is 1.56 bits per heavy atom. The van der Waals surface area contributed by atoms with Gasteiger partial charge in [0.2, 0.25) is 0 Å². The maximum atomic E-state index is 10.7. The molecular weight excluding hydrogens is 228 g/mol. The third kappa shape index (κ3) is 5.16. The highest BCUT2D eigenvalue weighted by molar-refractivity contribution is 8.00. The fourth-order valence-electron chi connectivity index (χ4n) is 1.59. The molecule has 0 spiro atoms. The molecule has 5 nitrogen and oxygen atoms in total. The van der Waals surface area contributed by atoms with Crippen molar-refractivity contribution in [3.8, 4) is 0 Å². The molecule has 1 atom stereocenters. The number of carbonyl (C=O) groups is 1. The lowest BCUT2D eigenvalue weighted by atomic mass is 10.4. The summed E-state index contributed by atoms with van der Waals surface area (Å²) in [5.41, 5.74) is 0. The Bertz CT molecular complexity index is 210. The van der Waals surface area contributed by atoms with E-state index in [4.69, 9.17) is 9.84 Å². The molecule has 0 saturated carbocycles. The predicted molar refractivity (Wildman–Crippen MR) is 64.8 cm³/mol. The summed E-state index contributed by atoms with van der Waals surface area (Å²) < 4.78 is 5.26. The van der Waals surface area contributed by atoms with Gasteiger partial charge in [-0.05, 0) is 25.8 Å². The van der Waals surface area contributed by atoms with Crippen LogP contribution in [0.15, 0.2) is 0 Å². The minimum atomic E-state index is -0.793. The molecule has 2 N–H and O–H groups in total. The van der Waals surface area contributed by atoms with Gasteiger partial charge >= 0.3 is 5.97 Å². The normalized spacial score (nSPS) is 19.6. The van der Waals surface area contributed by atoms with Gasteiger partial charge in [-0.3, -0.25) is 10.2 Å². The SMILES string of the molecule is CN[C@H](SCCCN1CCOCC1)C(=O)O. The minimum Gasteiger partial charge on any atom is -0.479 e. The van der Waals surface area contributed by atoms with Crippen molar-refractivity contribution >= 4 is 17.7 Å². The molecule has 0 aromatic carbocycles. The van der Waals surface area contributed by atoms with E-state index in [1.165, 1.54) is 11.8 Å². The molecule has 0 bridgehead atoms. The first kappa shape index (κ1) is 13.8. The number of thioether (sulfide) groups is 1. The molecule has 1 fully saturated rings. The van der Waals surface area contributed by atoms with Gasteiger partial charge in [0.05, 0.1) is 13.2 Å². The average Bonchev–Trinajstić information content (AvgIpc) is 2.30. The zero-order valence-corrected chi connectivity index (χ0v) is 10.5. The third-order valence-corrected chi connectivity index (χ3v) is 3.79. The number of hydrogen-bond acceptors (Lipinski definition) is 5. The second-order valence-electron chi connectivity index (χ2n) is 3.69. The summed E-state index contributed by atoms with van der Waals surface area (Å²) in [7, 11) is 1.67. The molecule has 1 heterocycles. The van der Waals surface area contributed by atoms with Crippen LogP contribution < -0.4 is 5.32 Å². The second-order valence-corrected chi connectivity index (χ2v) is 4.90. The van der Waals surface area contributed by atoms with Gasteiger partial charge in [-0.15, -0.1) is 11.8 Å². The Morgan fingerprint density at radius 3 is 2.81 bits per heavy atom. The summed E-state index contributed by atoms with van der Waals surface area (Å²) in [5.74, 6) is 0.0775. The fourth-order valence-corrected chi connectivity index (χ4v) is 2.43. The quantitative estimate of drug-likeness (QED) is 0.491. The number of likely N-dealkylation sites (N-methyl/N-ethyl adjacent to an activating group) is 1. The summed E-state index contributed by atoms with van der Waals surface area (Å²) in [6, 6.07) is 0. The molecule has 1 rings (SSSR count). The van der Waals surface area contributed by atoms with Gasteiger partial charge in [0.25, 0.3) is 0 Å². The molecular formula is C10H20N2O3S. The van der Waals surface area contributed by atoms with Crippen LogP contribution in [0.25, 0.3) is 0 Å². The average molecular weight is 248 g/mol. The van der Waals surface area contributed by atoms with Crippen LogP contribution in [0.2, 0.25) is 0 Å². The van der Waals surface area contributed by atoms with Crippen molar-refractivity contribution in [3.63, 3.8) is 0 Å². The number of ether oxygens (including phenoxy) is 1. The molecule has 0 aliphatic carbocycles. The van der Waals surface area contributed by atoms with Gasteiger partial charge in [0, 0.05) is 13.1 Å². The summed E-state index contributed by atoms with van der Waals surface area (Å²) in [4.78, 5) is 13.1. The summed E-state index contributed by atoms with van der Waals surface area (Å²) in [6.07, 6.45) is 1.02. The maximum absolute atomic E-state index is 10.7. The molecule has 0 amide bonds. The predicted octanol–water partition coefficient (Wildman–Crippen LogP) is 0.0720. The van der Waals surface area contributed by atoms with Crippen LogP contribution in [-0.2, 0) is 9.53 Å². The molecule has 0 radical (unpaired) electrons. The van der Waals surface area contributed by atoms with Crippen LogP contribution in [0.1, 0.15) is 6.42 Å². The van der Waals surface area contributed by atoms with Crippen LogP contribution in [0, 0.1) is 0 Å². The zero-order valence-electron chi connectivity index (χ0n) is 9.65. The largest absolute Gasteiger partial charge is 0.479 e. The van der Waals surface area contributed by atoms with E-state index in [2.05, 4.69) is 10.2 Å². The Hall–Kier alpha value is -0.300. The molecule has 1 saturated heterocycles. The molecule has 94 valence electrons. The van der Waals surface area contributed by atoms with Gasteiger partial charge < -0.3 is 9.84 Å². The topological polar surface area (TPSA) is 61.8 Å². The van der Waals surface area contributed by atoms with Crippen molar-refractivity contribution in [2.45, 2.75) is 11.8 Å². The van der Waals surface area contributed by atoms with Crippen LogP contribution in [0.4, 0.5) is 0 Å². The number of aliphatic carboxylic acids is 1.